The van der Waals surface area contributed by atoms with Gasteiger partial charge < -0.3 is 9.47 Å². The highest BCUT2D eigenvalue weighted by Crippen LogP contribution is 2.31. The predicted molar refractivity (Wildman–Crippen MR) is 139 cm³/mol. The van der Waals surface area contributed by atoms with Crippen LogP contribution in [0.1, 0.15) is 57.2 Å². The molecular formula is C28H35ClO3S. The molecule has 178 valence electrons. The molecule has 1 unspecified atom stereocenters. The molecule has 1 atom stereocenters. The van der Waals surface area contributed by atoms with Crippen LogP contribution in [0.25, 0.3) is 0 Å². The Bertz CT molecular complexity index is 1010. The Balaban J connectivity index is 0.00000187. The maximum atomic E-state index is 13.4. The zero-order chi connectivity index (χ0) is 24.2. The third-order valence-corrected chi connectivity index (χ3v) is 6.75. The number of methoxy groups -OCH3 is 1. The molecule has 0 radical (unpaired) electrons. The van der Waals surface area contributed by atoms with E-state index in [1.54, 1.807) is 7.11 Å². The smallest absolute Gasteiger partial charge is 0.135 e. The Morgan fingerprint density at radius 2 is 1.42 bits per heavy atom. The van der Waals surface area contributed by atoms with Gasteiger partial charge in [0.25, 0.3) is 0 Å². The number of ether oxygens (including phenoxy) is 2. The van der Waals surface area contributed by atoms with Crippen LogP contribution in [0, 0.1) is 0 Å². The summed E-state index contributed by atoms with van der Waals surface area (Å²) in [5.41, 5.74) is 3.58. The monoisotopic (exact) mass is 486 g/mol. The molecule has 0 aliphatic heterocycles. The summed E-state index contributed by atoms with van der Waals surface area (Å²) in [6.07, 6.45) is 4.09. The first-order chi connectivity index (χ1) is 16.0. The van der Waals surface area contributed by atoms with Crippen LogP contribution in [-0.4, -0.2) is 11.3 Å². The van der Waals surface area contributed by atoms with Gasteiger partial charge in [-0.05, 0) is 78.1 Å². The van der Waals surface area contributed by atoms with Crippen LogP contribution in [0.3, 0.4) is 0 Å². The third kappa shape index (κ3) is 7.62. The summed E-state index contributed by atoms with van der Waals surface area (Å²) in [5.74, 6) is 1.41. The molecule has 0 amide bonds. The summed E-state index contributed by atoms with van der Waals surface area (Å²) in [6.45, 7) is 8.79. The van der Waals surface area contributed by atoms with Crippen LogP contribution in [0.4, 0.5) is 0 Å². The second-order valence-electron chi connectivity index (χ2n) is 7.43. The Hall–Kier alpha value is -2.30. The largest absolute Gasteiger partial charge is 0.495 e. The minimum absolute atomic E-state index is 0.451. The fourth-order valence-corrected chi connectivity index (χ4v) is 4.82. The van der Waals surface area contributed by atoms with Crippen LogP contribution in [0.2, 0.25) is 5.02 Å². The van der Waals surface area contributed by atoms with Gasteiger partial charge in [0, 0.05) is 9.92 Å². The summed E-state index contributed by atoms with van der Waals surface area (Å²) < 4.78 is 24.8. The lowest BCUT2D eigenvalue weighted by molar-refractivity contribution is 0.306. The van der Waals surface area contributed by atoms with Gasteiger partial charge in [-0.2, -0.15) is 0 Å². The molecule has 0 fully saturated rings. The van der Waals surface area contributed by atoms with E-state index in [0.717, 1.165) is 46.8 Å². The predicted octanol–water partition coefficient (Wildman–Crippen LogP) is 8.03. The summed E-state index contributed by atoms with van der Waals surface area (Å²) in [5, 5.41) is 0.704. The van der Waals surface area contributed by atoms with Crippen molar-refractivity contribution < 1.29 is 13.7 Å². The zero-order valence-electron chi connectivity index (χ0n) is 20.3. The van der Waals surface area contributed by atoms with Crippen LogP contribution in [0.5, 0.6) is 11.5 Å². The number of hydrogen-bond donors (Lipinski definition) is 0. The first-order valence-corrected chi connectivity index (χ1v) is 13.2. The molecule has 3 aromatic carbocycles. The van der Waals surface area contributed by atoms with Gasteiger partial charge in [-0.25, -0.2) is 4.21 Å². The molecule has 0 aliphatic rings. The van der Waals surface area contributed by atoms with Crippen molar-refractivity contribution in [1.29, 1.82) is 0 Å². The number of rotatable bonds is 10. The fourth-order valence-electron chi connectivity index (χ4n) is 3.49. The first-order valence-electron chi connectivity index (χ1n) is 11.6. The lowest BCUT2D eigenvalue weighted by atomic mass is 9.99. The quantitative estimate of drug-likeness (QED) is 0.291. The van der Waals surface area contributed by atoms with Crippen LogP contribution >= 0.6 is 11.6 Å². The van der Waals surface area contributed by atoms with Crippen LogP contribution in [-0.2, 0) is 30.2 Å². The van der Waals surface area contributed by atoms with Crippen LogP contribution in [0.15, 0.2) is 70.5 Å². The van der Waals surface area contributed by atoms with Crippen molar-refractivity contribution in [1.82, 2.24) is 0 Å². The van der Waals surface area contributed by atoms with Crippen molar-refractivity contribution in [3.8, 4) is 11.5 Å². The van der Waals surface area contributed by atoms with E-state index in [1.807, 2.05) is 62.4 Å². The first kappa shape index (κ1) is 26.9. The van der Waals surface area contributed by atoms with Crippen molar-refractivity contribution in [2.24, 2.45) is 0 Å². The Kier molecular flexibility index (Phi) is 11.5. The highest BCUT2D eigenvalue weighted by Gasteiger charge is 2.17. The number of hydrogen-bond acceptors (Lipinski definition) is 3. The molecular weight excluding hydrogens is 452 g/mol. The van der Waals surface area contributed by atoms with E-state index in [2.05, 4.69) is 26.0 Å². The van der Waals surface area contributed by atoms with Crippen LogP contribution < -0.4 is 9.47 Å². The van der Waals surface area contributed by atoms with E-state index in [-0.39, 0.29) is 0 Å². The Morgan fingerprint density at radius 3 is 1.97 bits per heavy atom. The molecule has 5 heteroatoms. The maximum absolute atomic E-state index is 13.4. The van der Waals surface area contributed by atoms with E-state index < -0.39 is 10.8 Å². The van der Waals surface area contributed by atoms with Gasteiger partial charge in [0.05, 0.1) is 22.8 Å². The Morgan fingerprint density at radius 1 is 0.848 bits per heavy atom. The van der Waals surface area contributed by atoms with Crippen molar-refractivity contribution in [2.75, 3.05) is 7.11 Å². The molecule has 3 aromatic rings. The maximum Gasteiger partial charge on any atom is 0.135 e. The third-order valence-electron chi connectivity index (χ3n) is 5.08. The van der Waals surface area contributed by atoms with Gasteiger partial charge in [0.15, 0.2) is 0 Å². The molecule has 0 heterocycles. The van der Waals surface area contributed by atoms with E-state index in [4.69, 9.17) is 21.1 Å². The van der Waals surface area contributed by atoms with E-state index in [1.165, 1.54) is 11.1 Å². The lowest BCUT2D eigenvalue weighted by Crippen LogP contribution is -2.03. The standard InChI is InChI=1S/C26H29ClO3S.C2H6/c1-4-6-20-16-25(29-3)26(17-21(20)7-5-2)31(28)24-14-12-23(13-15-24)30-18-19-8-10-22(27)11-9-19;1-2/h8-17H,4-7,18H2,1-3H3;1-2H3. The number of halogens is 1. The molecule has 33 heavy (non-hydrogen) atoms. The molecule has 0 saturated carbocycles. The molecule has 0 bridgehead atoms. The molecule has 0 saturated heterocycles. The van der Waals surface area contributed by atoms with Gasteiger partial charge >= 0.3 is 0 Å². The van der Waals surface area contributed by atoms with Crippen molar-refractivity contribution in [2.45, 2.75) is 69.8 Å². The summed E-state index contributed by atoms with van der Waals surface area (Å²) in [7, 11) is 0.308. The highest BCUT2D eigenvalue weighted by atomic mass is 35.5. The topological polar surface area (TPSA) is 35.5 Å². The van der Waals surface area contributed by atoms with Gasteiger partial charge in [0.1, 0.15) is 18.1 Å². The van der Waals surface area contributed by atoms with E-state index >= 15 is 0 Å². The average molecular weight is 487 g/mol. The van der Waals surface area contributed by atoms with Gasteiger partial charge in [-0.15, -0.1) is 0 Å². The van der Waals surface area contributed by atoms with Gasteiger partial charge in [0.2, 0.25) is 0 Å². The molecule has 0 aliphatic carbocycles. The van der Waals surface area contributed by atoms with Gasteiger partial charge in [-0.1, -0.05) is 64.3 Å². The highest BCUT2D eigenvalue weighted by molar-refractivity contribution is 7.85. The molecule has 3 rings (SSSR count). The van der Waals surface area contributed by atoms with Crippen molar-refractivity contribution >= 4 is 22.4 Å². The molecule has 0 aromatic heterocycles. The van der Waals surface area contributed by atoms with Gasteiger partial charge in [-0.3, -0.25) is 0 Å². The second-order valence-corrected chi connectivity index (χ2v) is 9.31. The average Bonchev–Trinajstić information content (AvgIpc) is 2.86. The van der Waals surface area contributed by atoms with Crippen molar-refractivity contribution in [3.05, 3.63) is 82.4 Å². The second kappa shape index (κ2) is 14.1. The SMILES string of the molecule is CC.CCCc1cc(OC)c(S(=O)c2ccc(OCc3ccc(Cl)cc3)cc2)cc1CCC. The van der Waals surface area contributed by atoms with Crippen molar-refractivity contribution in [3.63, 3.8) is 0 Å². The van der Waals surface area contributed by atoms with E-state index in [0.29, 0.717) is 17.4 Å². The molecule has 3 nitrogen and oxygen atoms in total. The minimum atomic E-state index is -1.33. The number of benzene rings is 3. The molecule has 0 N–H and O–H groups in total. The normalized spacial score (nSPS) is 11.3. The van der Waals surface area contributed by atoms with E-state index in [9.17, 15) is 4.21 Å². The Labute approximate surface area is 206 Å². The molecule has 0 spiro atoms. The zero-order valence-corrected chi connectivity index (χ0v) is 21.9. The lowest BCUT2D eigenvalue weighted by Gasteiger charge is -2.15. The fraction of sp³-hybridized carbons (Fsp3) is 0.357. The summed E-state index contributed by atoms with van der Waals surface area (Å²) in [6, 6.07) is 19.1. The number of aryl methyl sites for hydroxylation is 2. The minimum Gasteiger partial charge on any atom is -0.495 e. The summed E-state index contributed by atoms with van der Waals surface area (Å²) in [4.78, 5) is 1.45. The summed E-state index contributed by atoms with van der Waals surface area (Å²) >= 11 is 5.92.